The monoisotopic (exact) mass is 236 g/mol. The Morgan fingerprint density at radius 3 is 3.19 bits per heavy atom. The zero-order valence-electron chi connectivity index (χ0n) is 8.87. The summed E-state index contributed by atoms with van der Waals surface area (Å²) in [6, 6.07) is 0. The second kappa shape index (κ2) is 4.40. The molecule has 0 aliphatic rings. The lowest BCUT2D eigenvalue weighted by Crippen LogP contribution is -2.24. The van der Waals surface area contributed by atoms with Crippen LogP contribution in [0.15, 0.2) is 18.7 Å². The number of fused-ring (bicyclic) bond motifs is 1. The van der Waals surface area contributed by atoms with Crippen LogP contribution in [0.5, 0.6) is 0 Å². The molecule has 6 nitrogen and oxygen atoms in total. The Labute approximate surface area is 98.1 Å². The summed E-state index contributed by atoms with van der Waals surface area (Å²) in [4.78, 5) is 6.74. The van der Waals surface area contributed by atoms with Gasteiger partial charge in [0.05, 0.1) is 4.99 Å². The molecule has 0 atom stereocenters. The van der Waals surface area contributed by atoms with Crippen LogP contribution in [0.25, 0.3) is 5.65 Å². The van der Waals surface area contributed by atoms with E-state index in [1.165, 1.54) is 0 Å². The summed E-state index contributed by atoms with van der Waals surface area (Å²) >= 11 is 4.84. The molecule has 0 bridgehead atoms. The topological polar surface area (TPSA) is 72.3 Å². The molecule has 0 aliphatic carbocycles. The average molecular weight is 236 g/mol. The number of thiocarbonyl (C=S) groups is 1. The van der Waals surface area contributed by atoms with E-state index < -0.39 is 0 Å². The first kappa shape index (κ1) is 10.7. The minimum atomic E-state index is 0.500. The van der Waals surface area contributed by atoms with E-state index in [0.717, 1.165) is 18.0 Å². The van der Waals surface area contributed by atoms with Crippen LogP contribution in [0.1, 0.15) is 6.42 Å². The van der Waals surface area contributed by atoms with Gasteiger partial charge in [-0.25, -0.2) is 4.98 Å². The van der Waals surface area contributed by atoms with E-state index in [1.807, 2.05) is 16.3 Å². The van der Waals surface area contributed by atoms with E-state index in [-0.39, 0.29) is 0 Å². The molecule has 16 heavy (non-hydrogen) atoms. The maximum Gasteiger partial charge on any atom is 0.203 e. The van der Waals surface area contributed by atoms with Crippen LogP contribution in [0.2, 0.25) is 0 Å². The van der Waals surface area contributed by atoms with Gasteiger partial charge in [0.1, 0.15) is 6.33 Å². The molecule has 0 amide bonds. The molecule has 0 spiro atoms. The molecule has 0 saturated heterocycles. The molecule has 2 aromatic rings. The van der Waals surface area contributed by atoms with Crippen LogP contribution >= 0.6 is 12.2 Å². The second-order valence-corrected chi connectivity index (χ2v) is 3.97. The van der Waals surface area contributed by atoms with Crippen molar-refractivity contribution >= 4 is 28.7 Å². The summed E-state index contributed by atoms with van der Waals surface area (Å²) in [6.07, 6.45) is 5.81. The highest BCUT2D eigenvalue weighted by Gasteiger charge is 2.09. The van der Waals surface area contributed by atoms with Gasteiger partial charge in [0.2, 0.25) is 5.65 Å². The Bertz CT molecular complexity index is 507. The van der Waals surface area contributed by atoms with Crippen molar-refractivity contribution in [3.8, 4) is 0 Å². The summed E-state index contributed by atoms with van der Waals surface area (Å²) in [5.74, 6) is 0.774. The molecule has 2 heterocycles. The summed E-state index contributed by atoms with van der Waals surface area (Å²) in [5, 5.41) is 7.85. The first-order valence-electron chi connectivity index (χ1n) is 4.82. The van der Waals surface area contributed by atoms with E-state index >= 15 is 0 Å². The number of nitrogens with two attached hydrogens (primary N) is 1. The third kappa shape index (κ3) is 2.08. The molecule has 2 rings (SSSR count). The highest BCUT2D eigenvalue weighted by atomic mass is 32.1. The third-order valence-electron chi connectivity index (χ3n) is 2.25. The lowest BCUT2D eigenvalue weighted by molar-refractivity contribution is 0.893. The van der Waals surface area contributed by atoms with Crippen molar-refractivity contribution < 1.29 is 0 Å². The number of aromatic nitrogens is 4. The molecule has 2 aromatic heterocycles. The molecule has 84 valence electrons. The van der Waals surface area contributed by atoms with Crippen LogP contribution in [-0.2, 0) is 0 Å². The molecular weight excluding hydrogens is 224 g/mol. The molecule has 0 fully saturated rings. The van der Waals surface area contributed by atoms with Crippen LogP contribution in [0.4, 0.5) is 5.82 Å². The zero-order valence-corrected chi connectivity index (χ0v) is 9.68. The summed E-state index contributed by atoms with van der Waals surface area (Å²) in [5.41, 5.74) is 6.19. The van der Waals surface area contributed by atoms with Gasteiger partial charge in [-0.3, -0.25) is 4.40 Å². The van der Waals surface area contributed by atoms with Gasteiger partial charge in [-0.1, -0.05) is 12.2 Å². The fraction of sp³-hybridized carbons (Fsp3) is 0.333. The fourth-order valence-corrected chi connectivity index (χ4v) is 1.49. The van der Waals surface area contributed by atoms with Crippen molar-refractivity contribution in [3.63, 3.8) is 0 Å². The van der Waals surface area contributed by atoms with Crippen LogP contribution in [-0.4, -0.2) is 38.2 Å². The third-order valence-corrected chi connectivity index (χ3v) is 2.46. The number of hydrogen-bond donors (Lipinski definition) is 1. The largest absolute Gasteiger partial charge is 0.393 e. The molecule has 7 heteroatoms. The molecule has 2 N–H and O–H groups in total. The summed E-state index contributed by atoms with van der Waals surface area (Å²) in [6.45, 7) is 0.717. The van der Waals surface area contributed by atoms with Gasteiger partial charge in [-0.05, 0) is 0 Å². The molecule has 0 radical (unpaired) electrons. The van der Waals surface area contributed by atoms with Crippen LogP contribution < -0.4 is 10.6 Å². The quantitative estimate of drug-likeness (QED) is 0.766. The minimum Gasteiger partial charge on any atom is -0.393 e. The first-order chi connectivity index (χ1) is 7.68. The lowest BCUT2D eigenvalue weighted by Gasteiger charge is -2.17. The normalized spacial score (nSPS) is 10.6. The lowest BCUT2D eigenvalue weighted by atomic mass is 10.4. The number of anilines is 1. The second-order valence-electron chi connectivity index (χ2n) is 3.45. The van der Waals surface area contributed by atoms with Crippen molar-refractivity contribution in [3.05, 3.63) is 18.7 Å². The minimum absolute atomic E-state index is 0.500. The fourth-order valence-electron chi connectivity index (χ4n) is 1.40. The summed E-state index contributed by atoms with van der Waals surface area (Å²) in [7, 11) is 1.93. The van der Waals surface area contributed by atoms with E-state index in [9.17, 15) is 0 Å². The summed E-state index contributed by atoms with van der Waals surface area (Å²) < 4.78 is 1.82. The van der Waals surface area contributed by atoms with E-state index in [2.05, 4.69) is 15.2 Å². The van der Waals surface area contributed by atoms with Crippen molar-refractivity contribution in [2.45, 2.75) is 6.42 Å². The van der Waals surface area contributed by atoms with Gasteiger partial charge >= 0.3 is 0 Å². The predicted molar refractivity (Wildman–Crippen MR) is 65.5 cm³/mol. The molecule has 0 aliphatic heterocycles. The first-order valence-corrected chi connectivity index (χ1v) is 5.23. The molecule has 0 aromatic carbocycles. The Balaban J connectivity index is 2.25. The van der Waals surface area contributed by atoms with Crippen molar-refractivity contribution in [1.82, 2.24) is 19.6 Å². The highest BCUT2D eigenvalue weighted by Crippen LogP contribution is 2.14. The van der Waals surface area contributed by atoms with E-state index in [4.69, 9.17) is 18.0 Å². The van der Waals surface area contributed by atoms with Gasteiger partial charge in [-0.2, -0.15) is 0 Å². The van der Waals surface area contributed by atoms with E-state index in [0.29, 0.717) is 11.4 Å². The standard InChI is InChI=1S/C9H12N6S/c1-14(4-2-7(10)16)8-9-13-12-6-15(9)5-3-11-8/h3,5-6H,2,4H2,1H3,(H2,10,16). The predicted octanol–water partition coefficient (Wildman–Crippen LogP) is 0.237. The maximum atomic E-state index is 5.46. The number of hydrogen-bond acceptors (Lipinski definition) is 5. The van der Waals surface area contributed by atoms with Crippen LogP contribution in [0, 0.1) is 0 Å². The SMILES string of the molecule is CN(CCC(N)=S)c1nccn2cnnc12. The molecule has 0 unspecified atom stereocenters. The van der Waals surface area contributed by atoms with Gasteiger partial charge in [-0.15, -0.1) is 10.2 Å². The Morgan fingerprint density at radius 1 is 1.62 bits per heavy atom. The van der Waals surface area contributed by atoms with Crippen LogP contribution in [0.3, 0.4) is 0 Å². The van der Waals surface area contributed by atoms with Crippen molar-refractivity contribution in [2.24, 2.45) is 5.73 Å². The van der Waals surface area contributed by atoms with Crippen molar-refractivity contribution in [1.29, 1.82) is 0 Å². The molecular formula is C9H12N6S. The maximum absolute atomic E-state index is 5.46. The zero-order chi connectivity index (χ0) is 11.5. The van der Waals surface area contributed by atoms with Crippen molar-refractivity contribution in [2.75, 3.05) is 18.5 Å². The van der Waals surface area contributed by atoms with Gasteiger partial charge < -0.3 is 10.6 Å². The number of rotatable bonds is 4. The van der Waals surface area contributed by atoms with Gasteiger partial charge in [0.25, 0.3) is 0 Å². The average Bonchev–Trinajstić information content (AvgIpc) is 2.73. The number of nitrogens with zero attached hydrogens (tertiary/aromatic N) is 5. The van der Waals surface area contributed by atoms with E-state index in [1.54, 1.807) is 18.7 Å². The van der Waals surface area contributed by atoms with Gasteiger partial charge in [0.15, 0.2) is 5.82 Å². The highest BCUT2D eigenvalue weighted by molar-refractivity contribution is 7.80. The Kier molecular flexibility index (Phi) is 2.95. The Morgan fingerprint density at radius 2 is 2.44 bits per heavy atom. The molecule has 0 saturated carbocycles. The Hall–Kier alpha value is -1.76. The smallest absolute Gasteiger partial charge is 0.203 e. The van der Waals surface area contributed by atoms with Gasteiger partial charge in [0, 0.05) is 32.4 Å².